The van der Waals surface area contributed by atoms with Crippen LogP contribution in [0.2, 0.25) is 0 Å². The monoisotopic (exact) mass is 279 g/mol. The van der Waals surface area contributed by atoms with Gasteiger partial charge in [0, 0.05) is 26.8 Å². The zero-order chi connectivity index (χ0) is 14.5. The maximum Gasteiger partial charge on any atom is 0.307 e. The molecule has 1 fully saturated rings. The molecule has 0 aliphatic carbocycles. The van der Waals surface area contributed by atoms with Crippen LogP contribution in [0, 0.1) is 5.92 Å². The van der Waals surface area contributed by atoms with Crippen molar-refractivity contribution in [3.05, 3.63) is 35.4 Å². The summed E-state index contributed by atoms with van der Waals surface area (Å²) in [6, 6.07) is 8.15. The van der Waals surface area contributed by atoms with Gasteiger partial charge in [-0.05, 0) is 17.5 Å². The Morgan fingerprint density at radius 3 is 2.90 bits per heavy atom. The highest BCUT2D eigenvalue weighted by Crippen LogP contribution is 2.29. The lowest BCUT2D eigenvalue weighted by atomic mass is 9.97. The molecular weight excluding hydrogens is 258 g/mol. The summed E-state index contributed by atoms with van der Waals surface area (Å²) < 4.78 is 10.6. The van der Waals surface area contributed by atoms with E-state index in [0.29, 0.717) is 19.6 Å². The number of ether oxygens (including phenoxy) is 2. The third-order valence-corrected chi connectivity index (χ3v) is 3.77. The van der Waals surface area contributed by atoms with Crippen molar-refractivity contribution in [1.82, 2.24) is 5.32 Å². The second kappa shape index (κ2) is 6.83. The van der Waals surface area contributed by atoms with Gasteiger partial charge in [-0.2, -0.15) is 0 Å². The first kappa shape index (κ1) is 15.0. The molecule has 3 atom stereocenters. The van der Waals surface area contributed by atoms with E-state index in [9.17, 15) is 4.79 Å². The minimum absolute atomic E-state index is 0.0936. The highest BCUT2D eigenvalue weighted by Gasteiger charge is 2.30. The Kier molecular flexibility index (Phi) is 5.11. The number of benzene rings is 1. The van der Waals surface area contributed by atoms with E-state index in [-0.39, 0.29) is 18.1 Å². The topological polar surface area (TPSA) is 67.8 Å². The van der Waals surface area contributed by atoms with E-state index in [1.54, 1.807) is 14.2 Å². The van der Waals surface area contributed by atoms with E-state index in [2.05, 4.69) is 11.4 Å². The van der Waals surface area contributed by atoms with Crippen molar-refractivity contribution in [2.75, 3.05) is 27.4 Å². The number of aliphatic carboxylic acids is 1. The van der Waals surface area contributed by atoms with Crippen LogP contribution in [-0.4, -0.2) is 38.4 Å². The Bertz CT molecular complexity index is 463. The van der Waals surface area contributed by atoms with Gasteiger partial charge >= 0.3 is 5.97 Å². The number of rotatable bonds is 6. The Hall–Kier alpha value is -1.43. The van der Waals surface area contributed by atoms with Gasteiger partial charge in [0.15, 0.2) is 0 Å². The van der Waals surface area contributed by atoms with Gasteiger partial charge in [0.05, 0.1) is 12.5 Å². The first-order valence-electron chi connectivity index (χ1n) is 6.73. The predicted molar refractivity (Wildman–Crippen MR) is 74.6 cm³/mol. The lowest BCUT2D eigenvalue weighted by molar-refractivity contribution is -0.141. The molecule has 1 aliphatic rings. The maximum absolute atomic E-state index is 11.0. The Morgan fingerprint density at radius 1 is 1.50 bits per heavy atom. The molecule has 3 unspecified atom stereocenters. The number of nitrogens with one attached hydrogen (secondary N) is 1. The second-order valence-electron chi connectivity index (χ2n) is 5.08. The van der Waals surface area contributed by atoms with Crippen LogP contribution >= 0.6 is 0 Å². The first-order valence-corrected chi connectivity index (χ1v) is 6.73. The molecule has 0 radical (unpaired) electrons. The van der Waals surface area contributed by atoms with Gasteiger partial charge in [0.2, 0.25) is 0 Å². The molecule has 2 rings (SSSR count). The summed E-state index contributed by atoms with van der Waals surface area (Å²) in [4.78, 5) is 11.0. The van der Waals surface area contributed by atoms with E-state index in [1.807, 2.05) is 18.2 Å². The maximum atomic E-state index is 11.0. The molecule has 1 saturated heterocycles. The molecule has 0 bridgehead atoms. The van der Waals surface area contributed by atoms with E-state index >= 15 is 0 Å². The Labute approximate surface area is 118 Å². The van der Waals surface area contributed by atoms with E-state index in [0.717, 1.165) is 11.1 Å². The van der Waals surface area contributed by atoms with Gasteiger partial charge < -0.3 is 19.9 Å². The molecule has 0 saturated carbocycles. The summed E-state index contributed by atoms with van der Waals surface area (Å²) in [5.41, 5.74) is 2.15. The van der Waals surface area contributed by atoms with Crippen LogP contribution in [0.25, 0.3) is 0 Å². The van der Waals surface area contributed by atoms with E-state index < -0.39 is 5.97 Å². The van der Waals surface area contributed by atoms with Crippen LogP contribution in [0.4, 0.5) is 0 Å². The standard InChI is InChI=1S/C15H21NO4/c1-19-9-14(20-2)11-5-3-4-10(6-11)13-7-12(8-16-13)15(17)18/h3-6,12-14,16H,7-9H2,1-2H3,(H,17,18). The molecule has 1 aromatic rings. The molecule has 0 spiro atoms. The summed E-state index contributed by atoms with van der Waals surface area (Å²) in [6.45, 7) is 1.02. The SMILES string of the molecule is COCC(OC)c1cccc(C2CC(C(=O)O)CN2)c1. The molecule has 1 heterocycles. The van der Waals surface area contributed by atoms with Crippen molar-refractivity contribution in [1.29, 1.82) is 0 Å². The minimum Gasteiger partial charge on any atom is -0.481 e. The van der Waals surface area contributed by atoms with Gasteiger partial charge in [-0.3, -0.25) is 4.79 Å². The highest BCUT2D eigenvalue weighted by atomic mass is 16.5. The van der Waals surface area contributed by atoms with Crippen LogP contribution in [0.1, 0.15) is 29.7 Å². The largest absolute Gasteiger partial charge is 0.481 e. The van der Waals surface area contributed by atoms with Gasteiger partial charge in [-0.25, -0.2) is 0 Å². The zero-order valence-electron chi connectivity index (χ0n) is 11.8. The molecule has 5 nitrogen and oxygen atoms in total. The van der Waals surface area contributed by atoms with Crippen molar-refractivity contribution in [3.8, 4) is 0 Å². The molecule has 0 aromatic heterocycles. The van der Waals surface area contributed by atoms with Crippen LogP contribution in [0.5, 0.6) is 0 Å². The Balaban J connectivity index is 2.12. The summed E-state index contributed by atoms with van der Waals surface area (Å²) in [7, 11) is 3.30. The van der Waals surface area contributed by atoms with Crippen LogP contribution in [0.3, 0.4) is 0 Å². The second-order valence-corrected chi connectivity index (χ2v) is 5.08. The summed E-state index contributed by atoms with van der Waals surface area (Å²) in [5, 5.41) is 12.3. The average Bonchev–Trinajstić information content (AvgIpc) is 2.95. The van der Waals surface area contributed by atoms with Gasteiger partial charge in [0.1, 0.15) is 6.10 Å². The fourth-order valence-corrected chi connectivity index (χ4v) is 2.61. The molecule has 1 aromatic carbocycles. The molecule has 5 heteroatoms. The molecule has 1 aliphatic heterocycles. The lowest BCUT2D eigenvalue weighted by Gasteiger charge is -2.17. The summed E-state index contributed by atoms with van der Waals surface area (Å²) >= 11 is 0. The normalized spacial score (nSPS) is 23.7. The fraction of sp³-hybridized carbons (Fsp3) is 0.533. The first-order chi connectivity index (χ1) is 9.65. The smallest absolute Gasteiger partial charge is 0.307 e. The van der Waals surface area contributed by atoms with Crippen LogP contribution < -0.4 is 5.32 Å². The quantitative estimate of drug-likeness (QED) is 0.830. The lowest BCUT2D eigenvalue weighted by Crippen LogP contribution is -2.17. The van der Waals surface area contributed by atoms with Gasteiger partial charge in [0.25, 0.3) is 0 Å². The number of carbonyl (C=O) groups is 1. The third-order valence-electron chi connectivity index (χ3n) is 3.77. The van der Waals surface area contributed by atoms with Crippen molar-refractivity contribution >= 4 is 5.97 Å². The third kappa shape index (κ3) is 3.36. The van der Waals surface area contributed by atoms with Crippen LogP contribution in [0.15, 0.2) is 24.3 Å². The molecule has 0 amide bonds. The number of methoxy groups -OCH3 is 2. The van der Waals surface area contributed by atoms with Crippen molar-refractivity contribution in [3.63, 3.8) is 0 Å². The predicted octanol–water partition coefficient (Wildman–Crippen LogP) is 1.76. The minimum atomic E-state index is -0.731. The fourth-order valence-electron chi connectivity index (χ4n) is 2.61. The van der Waals surface area contributed by atoms with E-state index in [4.69, 9.17) is 14.6 Å². The van der Waals surface area contributed by atoms with E-state index in [1.165, 1.54) is 0 Å². The van der Waals surface area contributed by atoms with Gasteiger partial charge in [-0.15, -0.1) is 0 Å². The number of hydrogen-bond acceptors (Lipinski definition) is 4. The number of carboxylic acid groups (broad SMARTS) is 1. The molecule has 110 valence electrons. The van der Waals surface area contributed by atoms with Crippen molar-refractivity contribution < 1.29 is 19.4 Å². The summed E-state index contributed by atoms with van der Waals surface area (Å²) in [5.74, 6) is -1.04. The number of hydrogen-bond donors (Lipinski definition) is 2. The van der Waals surface area contributed by atoms with Gasteiger partial charge in [-0.1, -0.05) is 24.3 Å². The van der Waals surface area contributed by atoms with Crippen molar-refractivity contribution in [2.24, 2.45) is 5.92 Å². The number of carboxylic acids is 1. The average molecular weight is 279 g/mol. The zero-order valence-corrected chi connectivity index (χ0v) is 11.8. The summed E-state index contributed by atoms with van der Waals surface area (Å²) in [6.07, 6.45) is 0.525. The molecule has 2 N–H and O–H groups in total. The van der Waals surface area contributed by atoms with Crippen LogP contribution in [-0.2, 0) is 14.3 Å². The Morgan fingerprint density at radius 2 is 2.30 bits per heavy atom. The molecular formula is C15H21NO4. The van der Waals surface area contributed by atoms with Crippen molar-refractivity contribution in [2.45, 2.75) is 18.6 Å². The highest BCUT2D eigenvalue weighted by molar-refractivity contribution is 5.70. The molecule has 20 heavy (non-hydrogen) atoms.